The second-order valence-corrected chi connectivity index (χ2v) is 6.68. The first kappa shape index (κ1) is 16.6. The molecule has 1 aromatic carbocycles. The zero-order chi connectivity index (χ0) is 15.5. The van der Waals surface area contributed by atoms with E-state index in [9.17, 15) is 22.7 Å². The number of rotatable bonds is 4. The highest BCUT2D eigenvalue weighted by molar-refractivity contribution is 7.99. The normalized spacial score (nSPS) is 18.7. The third-order valence-electron chi connectivity index (χ3n) is 3.72. The van der Waals surface area contributed by atoms with Crippen LogP contribution in [0.15, 0.2) is 18.2 Å². The van der Waals surface area contributed by atoms with Crippen LogP contribution in [0, 0.1) is 5.82 Å². The van der Waals surface area contributed by atoms with Gasteiger partial charge < -0.3 is 5.11 Å². The lowest BCUT2D eigenvalue weighted by molar-refractivity contribution is -0.140. The minimum absolute atomic E-state index is 0.118. The first-order valence-corrected chi connectivity index (χ1v) is 8.09. The quantitative estimate of drug-likeness (QED) is 0.792. The van der Waals surface area contributed by atoms with E-state index in [0.717, 1.165) is 18.9 Å². The molecule has 1 unspecified atom stereocenters. The summed E-state index contributed by atoms with van der Waals surface area (Å²) in [4.78, 5) is 0. The molecule has 1 atom stereocenters. The third-order valence-corrected chi connectivity index (χ3v) is 5.17. The molecule has 1 aliphatic carbocycles. The van der Waals surface area contributed by atoms with Crippen molar-refractivity contribution in [2.75, 3.05) is 5.75 Å². The number of aliphatic hydroxyl groups excluding tert-OH is 1. The van der Waals surface area contributed by atoms with Crippen LogP contribution in [0.4, 0.5) is 17.6 Å². The molecule has 6 heteroatoms. The number of benzene rings is 1. The summed E-state index contributed by atoms with van der Waals surface area (Å²) in [6, 6.07) is 2.70. The summed E-state index contributed by atoms with van der Waals surface area (Å²) in [7, 11) is 0. The summed E-state index contributed by atoms with van der Waals surface area (Å²) in [5.74, 6) is -0.966. The Balaban J connectivity index is 2.00. The van der Waals surface area contributed by atoms with Crippen molar-refractivity contribution in [1.82, 2.24) is 0 Å². The lowest BCUT2D eigenvalue weighted by atomic mass is 10.0. The van der Waals surface area contributed by atoms with Crippen molar-refractivity contribution in [3.8, 4) is 0 Å². The van der Waals surface area contributed by atoms with Gasteiger partial charge in [0.1, 0.15) is 5.82 Å². The number of aliphatic hydroxyl groups is 1. The maximum atomic E-state index is 13.2. The molecule has 1 saturated carbocycles. The zero-order valence-corrected chi connectivity index (χ0v) is 12.3. The van der Waals surface area contributed by atoms with E-state index >= 15 is 0 Å². The Kier molecular flexibility index (Phi) is 5.54. The highest BCUT2D eigenvalue weighted by atomic mass is 32.2. The third kappa shape index (κ3) is 4.61. The predicted molar refractivity (Wildman–Crippen MR) is 75.7 cm³/mol. The van der Waals surface area contributed by atoms with Gasteiger partial charge in [-0.3, -0.25) is 0 Å². The molecule has 1 nitrogen and oxygen atoms in total. The van der Waals surface area contributed by atoms with Crippen molar-refractivity contribution < 1.29 is 22.7 Å². The molecule has 1 aliphatic rings. The van der Waals surface area contributed by atoms with Gasteiger partial charge >= 0.3 is 6.18 Å². The van der Waals surface area contributed by atoms with Crippen LogP contribution in [0.25, 0.3) is 0 Å². The summed E-state index contributed by atoms with van der Waals surface area (Å²) >= 11 is 1.59. The van der Waals surface area contributed by atoms with Crippen LogP contribution in [0.5, 0.6) is 0 Å². The lowest BCUT2D eigenvalue weighted by Gasteiger charge is -2.22. The van der Waals surface area contributed by atoms with Crippen LogP contribution >= 0.6 is 11.8 Å². The van der Waals surface area contributed by atoms with E-state index in [1.165, 1.54) is 25.3 Å². The van der Waals surface area contributed by atoms with Crippen LogP contribution in [-0.4, -0.2) is 16.1 Å². The summed E-state index contributed by atoms with van der Waals surface area (Å²) in [6.45, 7) is 0. The summed E-state index contributed by atoms with van der Waals surface area (Å²) < 4.78 is 51.1. The van der Waals surface area contributed by atoms with Crippen LogP contribution in [-0.2, 0) is 6.18 Å². The van der Waals surface area contributed by atoms with Crippen molar-refractivity contribution in [1.29, 1.82) is 0 Å². The molecular formula is C15H18F4OS. The average molecular weight is 322 g/mol. The van der Waals surface area contributed by atoms with E-state index in [1.807, 2.05) is 0 Å². The minimum atomic E-state index is -4.74. The van der Waals surface area contributed by atoms with E-state index in [0.29, 0.717) is 17.1 Å². The smallest absolute Gasteiger partial charge is 0.388 e. The number of thioether (sulfide) groups is 1. The Labute approximate surface area is 125 Å². The average Bonchev–Trinajstić information content (AvgIpc) is 2.45. The van der Waals surface area contributed by atoms with Crippen molar-refractivity contribution in [3.05, 3.63) is 35.1 Å². The van der Waals surface area contributed by atoms with Gasteiger partial charge in [0.05, 0.1) is 11.7 Å². The first-order valence-electron chi connectivity index (χ1n) is 7.04. The minimum Gasteiger partial charge on any atom is -0.388 e. The molecule has 0 heterocycles. The second-order valence-electron chi connectivity index (χ2n) is 5.35. The summed E-state index contributed by atoms with van der Waals surface area (Å²) in [5, 5.41) is 10.5. The fourth-order valence-corrected chi connectivity index (χ4v) is 3.84. The van der Waals surface area contributed by atoms with Gasteiger partial charge in [-0.1, -0.05) is 25.3 Å². The van der Waals surface area contributed by atoms with Crippen molar-refractivity contribution in [2.24, 2.45) is 0 Å². The molecule has 0 spiro atoms. The van der Waals surface area contributed by atoms with Gasteiger partial charge in [0, 0.05) is 11.0 Å². The number of halogens is 4. The van der Waals surface area contributed by atoms with Crippen LogP contribution < -0.4 is 0 Å². The van der Waals surface area contributed by atoms with Gasteiger partial charge in [-0.2, -0.15) is 24.9 Å². The molecule has 0 radical (unpaired) electrons. The molecule has 0 amide bonds. The highest BCUT2D eigenvalue weighted by Gasteiger charge is 2.34. The largest absolute Gasteiger partial charge is 0.419 e. The first-order chi connectivity index (χ1) is 9.88. The van der Waals surface area contributed by atoms with Crippen LogP contribution in [0.1, 0.15) is 49.3 Å². The summed E-state index contributed by atoms with van der Waals surface area (Å²) in [5.41, 5.74) is -1.20. The molecule has 1 N–H and O–H groups in total. The monoisotopic (exact) mass is 322 g/mol. The standard InChI is InChI=1S/C15H18F4OS/c16-13-7-6-10(8-12(13)15(17,18)19)14(20)9-21-11-4-2-1-3-5-11/h6-8,11,14,20H,1-5,9H2. The maximum absolute atomic E-state index is 13.2. The van der Waals surface area contributed by atoms with Gasteiger partial charge in [0.2, 0.25) is 0 Å². The van der Waals surface area contributed by atoms with Gasteiger partial charge in [-0.15, -0.1) is 0 Å². The predicted octanol–water partition coefficient (Wildman–Crippen LogP) is 4.94. The zero-order valence-electron chi connectivity index (χ0n) is 11.5. The molecule has 118 valence electrons. The fourth-order valence-electron chi connectivity index (χ4n) is 2.52. The second kappa shape index (κ2) is 7.01. The molecular weight excluding hydrogens is 304 g/mol. The lowest BCUT2D eigenvalue weighted by Crippen LogP contribution is -2.13. The molecule has 0 aromatic heterocycles. The Bertz CT molecular complexity index is 469. The van der Waals surface area contributed by atoms with Gasteiger partial charge in [0.15, 0.2) is 0 Å². The molecule has 2 rings (SSSR count). The Hall–Kier alpha value is -0.750. The van der Waals surface area contributed by atoms with E-state index in [-0.39, 0.29) is 5.56 Å². The van der Waals surface area contributed by atoms with Gasteiger partial charge in [-0.25, -0.2) is 4.39 Å². The van der Waals surface area contributed by atoms with Crippen LogP contribution in [0.2, 0.25) is 0 Å². The van der Waals surface area contributed by atoms with Crippen molar-refractivity contribution >= 4 is 11.8 Å². The highest BCUT2D eigenvalue weighted by Crippen LogP contribution is 2.35. The summed E-state index contributed by atoms with van der Waals surface area (Å²) in [6.07, 6.45) is 0.00976. The number of hydrogen-bond donors (Lipinski definition) is 1. The van der Waals surface area contributed by atoms with E-state index < -0.39 is 23.7 Å². The molecule has 0 bridgehead atoms. The van der Waals surface area contributed by atoms with Crippen molar-refractivity contribution in [2.45, 2.75) is 49.6 Å². The van der Waals surface area contributed by atoms with E-state index in [2.05, 4.69) is 0 Å². The molecule has 0 saturated heterocycles. The Morgan fingerprint density at radius 1 is 1.19 bits per heavy atom. The van der Waals surface area contributed by atoms with Crippen molar-refractivity contribution in [3.63, 3.8) is 0 Å². The van der Waals surface area contributed by atoms with E-state index in [1.54, 1.807) is 11.8 Å². The molecule has 0 aliphatic heterocycles. The molecule has 21 heavy (non-hydrogen) atoms. The van der Waals surface area contributed by atoms with Crippen LogP contribution in [0.3, 0.4) is 0 Å². The fraction of sp³-hybridized carbons (Fsp3) is 0.600. The number of hydrogen-bond acceptors (Lipinski definition) is 2. The van der Waals surface area contributed by atoms with E-state index in [4.69, 9.17) is 0 Å². The molecule has 1 fully saturated rings. The topological polar surface area (TPSA) is 20.2 Å². The Morgan fingerprint density at radius 2 is 1.86 bits per heavy atom. The SMILES string of the molecule is OC(CSC1CCCCC1)c1ccc(F)c(C(F)(F)F)c1. The molecule has 1 aromatic rings. The maximum Gasteiger partial charge on any atom is 0.419 e. The van der Waals surface area contributed by atoms with Gasteiger partial charge in [-0.05, 0) is 30.5 Å². The number of alkyl halides is 3. The van der Waals surface area contributed by atoms with Gasteiger partial charge in [0.25, 0.3) is 0 Å². The Morgan fingerprint density at radius 3 is 2.48 bits per heavy atom.